The maximum Gasteiger partial charge on any atom is 0.249 e. The van der Waals surface area contributed by atoms with Gasteiger partial charge >= 0.3 is 0 Å². The number of hydrogen-bond acceptors (Lipinski definition) is 8. The van der Waals surface area contributed by atoms with Gasteiger partial charge in [-0.05, 0) is 25.3 Å². The van der Waals surface area contributed by atoms with Gasteiger partial charge in [-0.25, -0.2) is 9.97 Å². The highest BCUT2D eigenvalue weighted by Gasteiger charge is 2.29. The van der Waals surface area contributed by atoms with Crippen LogP contribution in [0.2, 0.25) is 0 Å². The lowest BCUT2D eigenvalue weighted by atomic mass is 9.99. The first-order valence-corrected chi connectivity index (χ1v) is 11.9. The molecule has 1 aromatic carbocycles. The molecule has 0 aliphatic carbocycles. The van der Waals surface area contributed by atoms with Crippen molar-refractivity contribution in [3.63, 3.8) is 0 Å². The summed E-state index contributed by atoms with van der Waals surface area (Å²) < 4.78 is 16.8. The molecule has 35 heavy (non-hydrogen) atoms. The molecule has 3 aromatic rings. The number of amides is 1. The normalized spacial score (nSPS) is 22.6. The number of aryl methyl sites for hydroxylation is 1. The molecular weight excluding hydrogens is 450 g/mol. The Bertz CT molecular complexity index is 1200. The summed E-state index contributed by atoms with van der Waals surface area (Å²) in [4.78, 5) is 37.6. The molecule has 184 valence electrons. The number of ketones is 1. The lowest BCUT2D eigenvalue weighted by Crippen LogP contribution is -2.47. The Hall–Kier alpha value is -3.34. The van der Waals surface area contributed by atoms with Crippen LogP contribution < -0.4 is 10.6 Å². The summed E-state index contributed by atoms with van der Waals surface area (Å²) in [5.41, 5.74) is 2.65. The zero-order valence-corrected chi connectivity index (χ0v) is 19.6. The fraction of sp³-hybridized carbons (Fsp3) is 0.440. The molecule has 2 aromatic heterocycles. The van der Waals surface area contributed by atoms with E-state index >= 15 is 0 Å². The van der Waals surface area contributed by atoms with Gasteiger partial charge in [-0.1, -0.05) is 24.3 Å². The molecule has 4 heterocycles. The van der Waals surface area contributed by atoms with E-state index < -0.39 is 6.10 Å². The van der Waals surface area contributed by atoms with Crippen molar-refractivity contribution in [2.45, 2.75) is 38.0 Å². The van der Waals surface area contributed by atoms with E-state index in [-0.39, 0.29) is 23.8 Å². The Morgan fingerprint density at radius 3 is 2.74 bits per heavy atom. The Labute approximate surface area is 202 Å². The van der Waals surface area contributed by atoms with Gasteiger partial charge in [-0.2, -0.15) is 0 Å². The fourth-order valence-electron chi connectivity index (χ4n) is 4.47. The number of benzene rings is 1. The van der Waals surface area contributed by atoms with Crippen LogP contribution >= 0.6 is 0 Å². The minimum absolute atomic E-state index is 0.0523. The van der Waals surface area contributed by atoms with E-state index in [4.69, 9.17) is 14.2 Å². The summed E-state index contributed by atoms with van der Waals surface area (Å²) in [5, 5.41) is 6.94. The molecule has 0 radical (unpaired) electrons. The van der Waals surface area contributed by atoms with Crippen LogP contribution in [-0.2, 0) is 19.0 Å². The van der Waals surface area contributed by atoms with Crippen LogP contribution in [0.1, 0.15) is 34.3 Å². The second-order valence-corrected chi connectivity index (χ2v) is 8.85. The van der Waals surface area contributed by atoms with Gasteiger partial charge in [0.1, 0.15) is 23.9 Å². The van der Waals surface area contributed by atoms with E-state index in [1.165, 1.54) is 6.33 Å². The molecule has 2 aliphatic rings. The van der Waals surface area contributed by atoms with Crippen molar-refractivity contribution in [1.82, 2.24) is 20.3 Å². The van der Waals surface area contributed by atoms with E-state index in [9.17, 15) is 9.59 Å². The predicted octanol–water partition coefficient (Wildman–Crippen LogP) is 1.99. The number of carbonyl (C=O) groups is 2. The molecule has 2 saturated heterocycles. The van der Waals surface area contributed by atoms with Crippen molar-refractivity contribution in [2.24, 2.45) is 0 Å². The Morgan fingerprint density at radius 1 is 1.09 bits per heavy atom. The van der Waals surface area contributed by atoms with Crippen LogP contribution in [0, 0.1) is 6.92 Å². The molecule has 10 heteroatoms. The van der Waals surface area contributed by atoms with E-state index in [0.29, 0.717) is 67.4 Å². The Balaban J connectivity index is 1.23. The Morgan fingerprint density at radius 2 is 1.97 bits per heavy atom. The molecule has 1 amide bonds. The SMILES string of the molecule is Cc1ccccc1C(=O)c1c[nH]c2ncnc(N[C@@H]3CC[C@@H](C(=O)NCC4COCCO4)OC3)c12. The van der Waals surface area contributed by atoms with Crippen molar-refractivity contribution in [1.29, 1.82) is 0 Å². The molecule has 0 spiro atoms. The van der Waals surface area contributed by atoms with Crippen molar-refractivity contribution in [3.8, 4) is 0 Å². The van der Waals surface area contributed by atoms with Crippen LogP contribution in [-0.4, -0.2) is 77.9 Å². The van der Waals surface area contributed by atoms with Crippen LogP contribution in [0.25, 0.3) is 11.0 Å². The molecule has 2 aliphatic heterocycles. The minimum Gasteiger partial charge on any atom is -0.376 e. The zero-order chi connectivity index (χ0) is 24.2. The van der Waals surface area contributed by atoms with Crippen LogP contribution in [0.5, 0.6) is 0 Å². The van der Waals surface area contributed by atoms with E-state index in [2.05, 4.69) is 25.6 Å². The van der Waals surface area contributed by atoms with Gasteiger partial charge < -0.3 is 29.8 Å². The number of ether oxygens (including phenoxy) is 3. The molecule has 5 rings (SSSR count). The number of nitrogens with one attached hydrogen (secondary N) is 3. The van der Waals surface area contributed by atoms with Crippen molar-refractivity contribution < 1.29 is 23.8 Å². The number of hydrogen-bond donors (Lipinski definition) is 3. The van der Waals surface area contributed by atoms with Crippen LogP contribution in [0.4, 0.5) is 5.82 Å². The van der Waals surface area contributed by atoms with Crippen molar-refractivity contribution >= 4 is 28.5 Å². The smallest absolute Gasteiger partial charge is 0.249 e. The number of aromatic amines is 1. The fourth-order valence-corrected chi connectivity index (χ4v) is 4.47. The summed E-state index contributed by atoms with van der Waals surface area (Å²) in [7, 11) is 0. The highest BCUT2D eigenvalue weighted by atomic mass is 16.6. The minimum atomic E-state index is -0.506. The predicted molar refractivity (Wildman–Crippen MR) is 128 cm³/mol. The van der Waals surface area contributed by atoms with E-state index in [1.54, 1.807) is 6.20 Å². The topological polar surface area (TPSA) is 127 Å². The van der Waals surface area contributed by atoms with Crippen molar-refractivity contribution in [2.75, 3.05) is 38.3 Å². The zero-order valence-electron chi connectivity index (χ0n) is 19.6. The highest BCUT2D eigenvalue weighted by Crippen LogP contribution is 2.28. The molecular formula is C25H29N5O5. The number of rotatable bonds is 7. The first-order chi connectivity index (χ1) is 17.1. The standard InChI is InChI=1S/C25H29N5O5/c1-15-4-2-3-5-18(15)22(31)19-11-26-23-21(19)24(29-14-28-23)30-16-6-7-20(35-12-16)25(32)27-10-17-13-33-8-9-34-17/h2-5,11,14,16-17,20H,6-10,12-13H2,1H3,(H,27,32)(H2,26,28,29,30)/t16-,17?,20+/m1/s1. The summed E-state index contributed by atoms with van der Waals surface area (Å²) >= 11 is 0. The first kappa shape index (κ1) is 23.4. The van der Waals surface area contributed by atoms with E-state index in [0.717, 1.165) is 12.0 Å². The third-order valence-electron chi connectivity index (χ3n) is 6.40. The third kappa shape index (κ3) is 5.19. The van der Waals surface area contributed by atoms with Gasteiger partial charge in [-0.15, -0.1) is 0 Å². The number of H-pyrrole nitrogens is 1. The highest BCUT2D eigenvalue weighted by molar-refractivity contribution is 6.18. The monoisotopic (exact) mass is 479 g/mol. The maximum absolute atomic E-state index is 13.3. The lowest BCUT2D eigenvalue weighted by Gasteiger charge is -2.30. The van der Waals surface area contributed by atoms with E-state index in [1.807, 2.05) is 31.2 Å². The summed E-state index contributed by atoms with van der Waals surface area (Å²) in [6.45, 7) is 4.29. The van der Waals surface area contributed by atoms with Gasteiger partial charge in [0.25, 0.3) is 0 Å². The number of anilines is 1. The second-order valence-electron chi connectivity index (χ2n) is 8.85. The number of fused-ring (bicyclic) bond motifs is 1. The number of aromatic nitrogens is 3. The average molecular weight is 480 g/mol. The van der Waals surface area contributed by atoms with Crippen LogP contribution in [0.15, 0.2) is 36.8 Å². The number of carbonyl (C=O) groups excluding carboxylic acids is 2. The lowest BCUT2D eigenvalue weighted by molar-refractivity contribution is -0.138. The summed E-state index contributed by atoms with van der Waals surface area (Å²) in [5.74, 6) is 0.342. The molecule has 10 nitrogen and oxygen atoms in total. The van der Waals surface area contributed by atoms with Gasteiger partial charge in [0.05, 0.1) is 49.5 Å². The first-order valence-electron chi connectivity index (χ1n) is 11.9. The molecule has 1 unspecified atom stereocenters. The van der Waals surface area contributed by atoms with Gasteiger partial charge in [0.15, 0.2) is 5.78 Å². The molecule has 0 bridgehead atoms. The van der Waals surface area contributed by atoms with Gasteiger partial charge in [0, 0.05) is 18.3 Å². The van der Waals surface area contributed by atoms with Crippen molar-refractivity contribution in [3.05, 3.63) is 53.5 Å². The summed E-state index contributed by atoms with van der Waals surface area (Å²) in [6.07, 6.45) is 3.80. The second kappa shape index (κ2) is 10.5. The molecule has 0 saturated carbocycles. The molecule has 3 N–H and O–H groups in total. The van der Waals surface area contributed by atoms with Crippen LogP contribution in [0.3, 0.4) is 0 Å². The third-order valence-corrected chi connectivity index (χ3v) is 6.40. The quantitative estimate of drug-likeness (QED) is 0.439. The average Bonchev–Trinajstić information content (AvgIpc) is 3.33. The number of nitrogens with zero attached hydrogens (tertiary/aromatic N) is 2. The molecule has 3 atom stereocenters. The largest absolute Gasteiger partial charge is 0.376 e. The molecule has 2 fully saturated rings. The van der Waals surface area contributed by atoms with Gasteiger partial charge in [-0.3, -0.25) is 9.59 Å². The van der Waals surface area contributed by atoms with Gasteiger partial charge in [0.2, 0.25) is 5.91 Å². The summed E-state index contributed by atoms with van der Waals surface area (Å²) in [6, 6.07) is 7.45. The Kier molecular flexibility index (Phi) is 7.03. The maximum atomic E-state index is 13.3.